The number of carboxylic acid groups (broad SMARTS) is 2. The van der Waals surface area contributed by atoms with Crippen LogP contribution in [0.4, 0.5) is 0 Å². The van der Waals surface area contributed by atoms with Crippen LogP contribution in [0, 0.1) is 17.8 Å². The molecule has 0 aromatic heterocycles. The summed E-state index contributed by atoms with van der Waals surface area (Å²) in [6, 6.07) is 9.29. The zero-order valence-electron chi connectivity index (χ0n) is 15.9. The molecular formula is C21H28O6. The van der Waals surface area contributed by atoms with Gasteiger partial charge in [-0.2, -0.15) is 0 Å². The van der Waals surface area contributed by atoms with Gasteiger partial charge in [0.2, 0.25) is 0 Å². The largest absolute Gasteiger partial charge is 0.481 e. The molecule has 1 saturated carbocycles. The van der Waals surface area contributed by atoms with Gasteiger partial charge in [0.1, 0.15) is 5.60 Å². The van der Waals surface area contributed by atoms with E-state index in [2.05, 4.69) is 0 Å². The van der Waals surface area contributed by atoms with E-state index < -0.39 is 35.3 Å². The third-order valence-corrected chi connectivity index (χ3v) is 5.54. The van der Waals surface area contributed by atoms with Gasteiger partial charge in [-0.15, -0.1) is 0 Å². The Morgan fingerprint density at radius 2 is 1.78 bits per heavy atom. The first-order valence-corrected chi connectivity index (χ1v) is 9.47. The Morgan fingerprint density at radius 3 is 2.33 bits per heavy atom. The summed E-state index contributed by atoms with van der Waals surface area (Å²) in [6.07, 6.45) is 1.95. The van der Waals surface area contributed by atoms with Crippen LogP contribution >= 0.6 is 0 Å². The van der Waals surface area contributed by atoms with E-state index in [1.165, 1.54) is 0 Å². The maximum absolute atomic E-state index is 12.9. The van der Waals surface area contributed by atoms with Crippen LogP contribution in [0.1, 0.15) is 51.5 Å². The molecule has 2 rings (SSSR count). The fourth-order valence-corrected chi connectivity index (χ4v) is 3.93. The number of esters is 1. The van der Waals surface area contributed by atoms with E-state index >= 15 is 0 Å². The van der Waals surface area contributed by atoms with Crippen LogP contribution in [0.3, 0.4) is 0 Å². The highest BCUT2D eigenvalue weighted by atomic mass is 16.6. The Morgan fingerprint density at radius 1 is 1.11 bits per heavy atom. The van der Waals surface area contributed by atoms with Crippen molar-refractivity contribution in [3.63, 3.8) is 0 Å². The Bertz CT molecular complexity index is 671. The van der Waals surface area contributed by atoms with Crippen molar-refractivity contribution in [2.45, 2.75) is 58.0 Å². The zero-order chi connectivity index (χ0) is 20.0. The smallest absolute Gasteiger partial charge is 0.310 e. The highest BCUT2D eigenvalue weighted by Crippen LogP contribution is 2.37. The quantitative estimate of drug-likeness (QED) is 0.673. The molecule has 0 amide bonds. The van der Waals surface area contributed by atoms with Crippen molar-refractivity contribution in [1.29, 1.82) is 0 Å². The third kappa shape index (κ3) is 5.55. The number of carbonyl (C=O) groups excluding carboxylic acids is 1. The van der Waals surface area contributed by atoms with Crippen LogP contribution in [0.15, 0.2) is 30.3 Å². The van der Waals surface area contributed by atoms with Gasteiger partial charge in [-0.1, -0.05) is 44.2 Å². The molecule has 4 atom stereocenters. The Kier molecular flexibility index (Phi) is 6.99. The summed E-state index contributed by atoms with van der Waals surface area (Å²) in [5, 5.41) is 18.9. The minimum Gasteiger partial charge on any atom is -0.481 e. The predicted molar refractivity (Wildman–Crippen MR) is 99.1 cm³/mol. The molecule has 2 N–H and O–H groups in total. The normalized spacial score (nSPS) is 24.6. The molecule has 0 heterocycles. The highest BCUT2D eigenvalue weighted by Gasteiger charge is 2.43. The SMILES string of the molecule is CCC(CC(=O)O)(Cc1ccccc1)OC(=O)C1CCC(C)CC1C(=O)O. The fourth-order valence-electron chi connectivity index (χ4n) is 3.93. The molecule has 6 nitrogen and oxygen atoms in total. The maximum atomic E-state index is 12.9. The van der Waals surface area contributed by atoms with Gasteiger partial charge in [-0.25, -0.2) is 0 Å². The molecule has 148 valence electrons. The maximum Gasteiger partial charge on any atom is 0.310 e. The number of ether oxygens (including phenoxy) is 1. The van der Waals surface area contributed by atoms with E-state index in [9.17, 15) is 24.6 Å². The fraction of sp³-hybridized carbons (Fsp3) is 0.571. The summed E-state index contributed by atoms with van der Waals surface area (Å²) in [6.45, 7) is 3.77. The van der Waals surface area contributed by atoms with Crippen LogP contribution in [-0.4, -0.2) is 33.7 Å². The topological polar surface area (TPSA) is 101 Å². The second kappa shape index (κ2) is 9.02. The van der Waals surface area contributed by atoms with Crippen LogP contribution in [0.2, 0.25) is 0 Å². The van der Waals surface area contributed by atoms with Crippen molar-refractivity contribution in [2.24, 2.45) is 17.8 Å². The lowest BCUT2D eigenvalue weighted by Gasteiger charge is -2.36. The monoisotopic (exact) mass is 376 g/mol. The number of aliphatic carboxylic acids is 2. The van der Waals surface area contributed by atoms with Crippen LogP contribution in [-0.2, 0) is 25.5 Å². The molecule has 1 aliphatic carbocycles. The van der Waals surface area contributed by atoms with Crippen molar-refractivity contribution < 1.29 is 29.3 Å². The molecule has 0 aliphatic heterocycles. The van der Waals surface area contributed by atoms with Gasteiger partial charge >= 0.3 is 17.9 Å². The number of benzene rings is 1. The molecule has 0 saturated heterocycles. The lowest BCUT2D eigenvalue weighted by molar-refractivity contribution is -0.176. The number of hydrogen-bond acceptors (Lipinski definition) is 4. The lowest BCUT2D eigenvalue weighted by Crippen LogP contribution is -2.44. The molecule has 4 unspecified atom stereocenters. The number of rotatable bonds is 8. The van der Waals surface area contributed by atoms with Gasteiger partial charge in [0, 0.05) is 6.42 Å². The Hall–Kier alpha value is -2.37. The van der Waals surface area contributed by atoms with E-state index in [4.69, 9.17) is 4.74 Å². The van der Waals surface area contributed by atoms with Crippen molar-refractivity contribution in [2.75, 3.05) is 0 Å². The molecular weight excluding hydrogens is 348 g/mol. The van der Waals surface area contributed by atoms with E-state index in [-0.39, 0.29) is 18.8 Å². The first-order valence-electron chi connectivity index (χ1n) is 9.47. The van der Waals surface area contributed by atoms with E-state index in [0.717, 1.165) is 12.0 Å². The predicted octanol–water partition coefficient (Wildman–Crippen LogP) is 3.53. The third-order valence-electron chi connectivity index (χ3n) is 5.54. The molecule has 27 heavy (non-hydrogen) atoms. The molecule has 1 aromatic rings. The van der Waals surface area contributed by atoms with Crippen LogP contribution in [0.5, 0.6) is 0 Å². The van der Waals surface area contributed by atoms with Crippen LogP contribution < -0.4 is 0 Å². The molecule has 0 radical (unpaired) electrons. The lowest BCUT2D eigenvalue weighted by atomic mass is 9.74. The number of carboxylic acids is 2. The van der Waals surface area contributed by atoms with Crippen molar-refractivity contribution in [3.05, 3.63) is 35.9 Å². The first kappa shape index (κ1) is 20.9. The minimum absolute atomic E-state index is 0.245. The van der Waals surface area contributed by atoms with E-state index in [1.807, 2.05) is 37.3 Å². The van der Waals surface area contributed by atoms with E-state index in [1.54, 1.807) is 6.92 Å². The molecule has 0 spiro atoms. The van der Waals surface area contributed by atoms with Gasteiger partial charge in [0.05, 0.1) is 18.3 Å². The summed E-state index contributed by atoms with van der Waals surface area (Å²) >= 11 is 0. The number of carbonyl (C=O) groups is 3. The average molecular weight is 376 g/mol. The summed E-state index contributed by atoms with van der Waals surface area (Å²) in [5.41, 5.74) is -0.309. The molecule has 0 bridgehead atoms. The van der Waals surface area contributed by atoms with Crippen molar-refractivity contribution >= 4 is 17.9 Å². The Balaban J connectivity index is 2.23. The van der Waals surface area contributed by atoms with Crippen molar-refractivity contribution in [1.82, 2.24) is 0 Å². The van der Waals surface area contributed by atoms with Crippen LogP contribution in [0.25, 0.3) is 0 Å². The van der Waals surface area contributed by atoms with Gasteiger partial charge in [-0.3, -0.25) is 14.4 Å². The second-order valence-corrected chi connectivity index (χ2v) is 7.66. The highest BCUT2D eigenvalue weighted by molar-refractivity contribution is 5.82. The molecule has 6 heteroatoms. The summed E-state index contributed by atoms with van der Waals surface area (Å²) < 4.78 is 5.77. The van der Waals surface area contributed by atoms with Gasteiger partial charge in [-0.05, 0) is 37.2 Å². The molecule has 1 aromatic carbocycles. The molecule has 1 fully saturated rings. The van der Waals surface area contributed by atoms with Crippen molar-refractivity contribution in [3.8, 4) is 0 Å². The zero-order valence-corrected chi connectivity index (χ0v) is 15.9. The first-order chi connectivity index (χ1) is 12.8. The average Bonchev–Trinajstić information content (AvgIpc) is 2.61. The van der Waals surface area contributed by atoms with Gasteiger partial charge in [0.25, 0.3) is 0 Å². The summed E-state index contributed by atoms with van der Waals surface area (Å²) in [5.74, 6) is -3.89. The summed E-state index contributed by atoms with van der Waals surface area (Å²) in [7, 11) is 0. The van der Waals surface area contributed by atoms with Gasteiger partial charge in [0.15, 0.2) is 0 Å². The standard InChI is InChI=1S/C21H28O6/c1-3-21(13-18(22)23,12-15-7-5-4-6-8-15)27-20(26)16-10-9-14(2)11-17(16)19(24)25/h4-8,14,16-17H,3,9-13H2,1-2H3,(H,22,23)(H,24,25). The van der Waals surface area contributed by atoms with Gasteiger partial charge < -0.3 is 14.9 Å². The second-order valence-electron chi connectivity index (χ2n) is 7.66. The Labute approximate surface area is 159 Å². The number of hydrogen-bond donors (Lipinski definition) is 2. The minimum atomic E-state index is -1.18. The van der Waals surface area contributed by atoms with E-state index in [0.29, 0.717) is 19.3 Å². The summed E-state index contributed by atoms with van der Waals surface area (Å²) in [4.78, 5) is 36.0. The molecule has 1 aliphatic rings.